The van der Waals surface area contributed by atoms with E-state index in [9.17, 15) is 0 Å². The van der Waals surface area contributed by atoms with Gasteiger partial charge in [-0.25, -0.2) is 0 Å². The van der Waals surface area contributed by atoms with Crippen molar-refractivity contribution in [1.29, 1.82) is 0 Å². The average molecular weight is 233 g/mol. The fourth-order valence-corrected chi connectivity index (χ4v) is 1.66. The third-order valence-electron chi connectivity index (χ3n) is 2.73. The Hall–Kier alpha value is -1.28. The lowest BCUT2D eigenvalue weighted by Gasteiger charge is -2.19. The van der Waals surface area contributed by atoms with Crippen LogP contribution in [0.5, 0.6) is 0 Å². The lowest BCUT2D eigenvalue weighted by molar-refractivity contribution is 0.127. The SMILES string of the molecule is CON/C=C(\C)Cc1ccc(C(C)(C)C)cc1. The molecule has 17 heavy (non-hydrogen) atoms. The molecule has 0 aliphatic heterocycles. The zero-order valence-corrected chi connectivity index (χ0v) is 11.5. The van der Waals surface area contributed by atoms with Crippen LogP contribution < -0.4 is 5.48 Å². The van der Waals surface area contributed by atoms with Gasteiger partial charge in [0.05, 0.1) is 7.11 Å². The molecule has 1 aromatic carbocycles. The van der Waals surface area contributed by atoms with Crippen LogP contribution in [0, 0.1) is 0 Å². The first kappa shape index (κ1) is 13.8. The van der Waals surface area contributed by atoms with Gasteiger partial charge in [-0.15, -0.1) is 0 Å². The van der Waals surface area contributed by atoms with Crippen LogP contribution in [0.4, 0.5) is 0 Å². The third kappa shape index (κ3) is 4.61. The van der Waals surface area contributed by atoms with E-state index in [2.05, 4.69) is 57.4 Å². The summed E-state index contributed by atoms with van der Waals surface area (Å²) >= 11 is 0. The van der Waals surface area contributed by atoms with E-state index >= 15 is 0 Å². The van der Waals surface area contributed by atoms with Crippen LogP contribution >= 0.6 is 0 Å². The maximum atomic E-state index is 4.79. The second kappa shape index (κ2) is 5.87. The Balaban J connectivity index is 2.69. The van der Waals surface area contributed by atoms with E-state index < -0.39 is 0 Å². The Labute approximate surface area is 105 Å². The summed E-state index contributed by atoms with van der Waals surface area (Å²) in [5.41, 5.74) is 6.91. The van der Waals surface area contributed by atoms with Gasteiger partial charge in [0.25, 0.3) is 0 Å². The van der Waals surface area contributed by atoms with Crippen molar-refractivity contribution in [3.8, 4) is 0 Å². The lowest BCUT2D eigenvalue weighted by Crippen LogP contribution is -2.10. The highest BCUT2D eigenvalue weighted by Crippen LogP contribution is 2.22. The molecule has 2 nitrogen and oxygen atoms in total. The summed E-state index contributed by atoms with van der Waals surface area (Å²) in [7, 11) is 1.61. The summed E-state index contributed by atoms with van der Waals surface area (Å²) in [6.07, 6.45) is 2.83. The van der Waals surface area contributed by atoms with E-state index in [-0.39, 0.29) is 5.41 Å². The molecule has 0 saturated heterocycles. The molecule has 0 heterocycles. The van der Waals surface area contributed by atoms with Crippen molar-refractivity contribution < 1.29 is 4.84 Å². The van der Waals surface area contributed by atoms with Crippen LogP contribution in [0.25, 0.3) is 0 Å². The smallest absolute Gasteiger partial charge is 0.0636 e. The quantitative estimate of drug-likeness (QED) is 0.803. The fraction of sp³-hybridized carbons (Fsp3) is 0.467. The fourth-order valence-electron chi connectivity index (χ4n) is 1.66. The van der Waals surface area contributed by atoms with Crippen molar-refractivity contribution in [3.05, 3.63) is 47.2 Å². The molecule has 1 rings (SSSR count). The second-order valence-electron chi connectivity index (χ2n) is 5.44. The molecule has 94 valence electrons. The first-order valence-corrected chi connectivity index (χ1v) is 5.97. The highest BCUT2D eigenvalue weighted by molar-refractivity contribution is 5.29. The molecule has 0 amide bonds. The summed E-state index contributed by atoms with van der Waals surface area (Å²) in [5.74, 6) is 0. The van der Waals surface area contributed by atoms with Crippen LogP contribution in [0.1, 0.15) is 38.8 Å². The molecule has 0 unspecified atom stereocenters. The van der Waals surface area contributed by atoms with E-state index in [4.69, 9.17) is 4.84 Å². The van der Waals surface area contributed by atoms with Crippen LogP contribution in [-0.4, -0.2) is 7.11 Å². The van der Waals surface area contributed by atoms with Crippen molar-refractivity contribution in [2.45, 2.75) is 39.5 Å². The van der Waals surface area contributed by atoms with Crippen LogP contribution in [0.15, 0.2) is 36.0 Å². The van der Waals surface area contributed by atoms with Gasteiger partial charge in [-0.05, 0) is 29.9 Å². The van der Waals surface area contributed by atoms with Gasteiger partial charge in [-0.1, -0.05) is 50.6 Å². The highest BCUT2D eigenvalue weighted by atomic mass is 16.6. The van der Waals surface area contributed by atoms with E-state index in [1.807, 2.05) is 6.20 Å². The average Bonchev–Trinajstić information content (AvgIpc) is 2.26. The zero-order chi connectivity index (χ0) is 12.9. The van der Waals surface area contributed by atoms with E-state index in [0.717, 1.165) is 6.42 Å². The molecule has 0 aromatic heterocycles. The summed E-state index contributed by atoms with van der Waals surface area (Å²) in [4.78, 5) is 4.79. The Kier molecular flexibility index (Phi) is 4.76. The van der Waals surface area contributed by atoms with E-state index in [0.29, 0.717) is 0 Å². The van der Waals surface area contributed by atoms with Gasteiger partial charge in [0.2, 0.25) is 0 Å². The zero-order valence-electron chi connectivity index (χ0n) is 11.5. The van der Waals surface area contributed by atoms with Gasteiger partial charge >= 0.3 is 0 Å². The van der Waals surface area contributed by atoms with Gasteiger partial charge < -0.3 is 0 Å². The molecule has 1 aromatic rings. The molecule has 2 heteroatoms. The second-order valence-corrected chi connectivity index (χ2v) is 5.44. The molecule has 0 spiro atoms. The molecular formula is C15H23NO. The standard InChI is InChI=1S/C15H23NO/c1-12(11-16-17-5)10-13-6-8-14(9-7-13)15(2,3)4/h6-9,11,16H,10H2,1-5H3/b12-11+. The summed E-state index contributed by atoms with van der Waals surface area (Å²) < 4.78 is 0. The number of hydroxylamine groups is 1. The molecular weight excluding hydrogens is 210 g/mol. The normalized spacial score (nSPS) is 12.6. The molecule has 0 atom stereocenters. The van der Waals surface area contributed by atoms with Crippen molar-refractivity contribution in [1.82, 2.24) is 5.48 Å². The van der Waals surface area contributed by atoms with Crippen molar-refractivity contribution in [2.75, 3.05) is 7.11 Å². The highest BCUT2D eigenvalue weighted by Gasteiger charge is 2.12. The number of hydrogen-bond donors (Lipinski definition) is 1. The van der Waals surface area contributed by atoms with Gasteiger partial charge in [0, 0.05) is 6.20 Å². The molecule has 0 aliphatic carbocycles. The number of allylic oxidation sites excluding steroid dienone is 1. The van der Waals surface area contributed by atoms with Crippen LogP contribution in [0.3, 0.4) is 0 Å². The largest absolute Gasteiger partial charge is 0.280 e. The predicted molar refractivity (Wildman–Crippen MR) is 72.7 cm³/mol. The minimum Gasteiger partial charge on any atom is -0.280 e. The monoisotopic (exact) mass is 233 g/mol. The third-order valence-corrected chi connectivity index (χ3v) is 2.73. The van der Waals surface area contributed by atoms with Gasteiger partial charge in [-0.3, -0.25) is 10.3 Å². The first-order valence-electron chi connectivity index (χ1n) is 5.97. The van der Waals surface area contributed by atoms with Gasteiger partial charge in [-0.2, -0.15) is 0 Å². The summed E-state index contributed by atoms with van der Waals surface area (Å²) in [5, 5.41) is 0. The molecule has 1 N–H and O–H groups in total. The molecule has 0 bridgehead atoms. The lowest BCUT2D eigenvalue weighted by atomic mass is 9.86. The molecule has 0 saturated carbocycles. The predicted octanol–water partition coefficient (Wildman–Crippen LogP) is 3.58. The van der Waals surface area contributed by atoms with Crippen molar-refractivity contribution in [2.24, 2.45) is 0 Å². The molecule has 0 radical (unpaired) electrons. The Morgan fingerprint density at radius 3 is 2.29 bits per heavy atom. The number of hydrogen-bond acceptors (Lipinski definition) is 2. The summed E-state index contributed by atoms with van der Waals surface area (Å²) in [6, 6.07) is 8.83. The van der Waals surface area contributed by atoms with E-state index in [1.165, 1.54) is 16.7 Å². The number of nitrogens with one attached hydrogen (secondary N) is 1. The number of rotatable bonds is 4. The number of benzene rings is 1. The topological polar surface area (TPSA) is 21.3 Å². The molecule has 0 fully saturated rings. The minimum absolute atomic E-state index is 0.223. The van der Waals surface area contributed by atoms with Crippen LogP contribution in [0.2, 0.25) is 0 Å². The first-order chi connectivity index (χ1) is 7.93. The molecule has 0 aliphatic rings. The van der Waals surface area contributed by atoms with E-state index in [1.54, 1.807) is 7.11 Å². The van der Waals surface area contributed by atoms with Crippen molar-refractivity contribution in [3.63, 3.8) is 0 Å². The van der Waals surface area contributed by atoms with Crippen LogP contribution in [-0.2, 0) is 16.7 Å². The van der Waals surface area contributed by atoms with Gasteiger partial charge in [0.15, 0.2) is 0 Å². The Morgan fingerprint density at radius 2 is 1.82 bits per heavy atom. The maximum Gasteiger partial charge on any atom is 0.0636 e. The Bertz CT molecular complexity index is 371. The van der Waals surface area contributed by atoms with Crippen molar-refractivity contribution >= 4 is 0 Å². The summed E-state index contributed by atoms with van der Waals surface area (Å²) in [6.45, 7) is 8.78. The minimum atomic E-state index is 0.223. The maximum absolute atomic E-state index is 4.79. The van der Waals surface area contributed by atoms with Gasteiger partial charge in [0.1, 0.15) is 0 Å². The Morgan fingerprint density at radius 1 is 1.24 bits per heavy atom.